The highest BCUT2D eigenvalue weighted by Gasteiger charge is 2.40. The first-order chi connectivity index (χ1) is 9.79. The van der Waals surface area contributed by atoms with Crippen molar-refractivity contribution >= 4 is 0 Å². The Hall–Kier alpha value is -2.28. The Morgan fingerprint density at radius 1 is 1.00 bits per heavy atom. The van der Waals surface area contributed by atoms with Gasteiger partial charge >= 0.3 is 0 Å². The third-order valence-corrected chi connectivity index (χ3v) is 4.40. The lowest BCUT2D eigenvalue weighted by Crippen LogP contribution is -2.50. The van der Waals surface area contributed by atoms with E-state index in [9.17, 15) is 0 Å². The smallest absolute Gasteiger partial charge is 0.107 e. The summed E-state index contributed by atoms with van der Waals surface area (Å²) in [6.45, 7) is 2.21. The SMILES string of the molecule is CC1=C2C=CC=C3C=CC=CC32NC(C2C=CC=C2)=C1. The van der Waals surface area contributed by atoms with Gasteiger partial charge in [0.1, 0.15) is 5.54 Å². The van der Waals surface area contributed by atoms with E-state index in [0.717, 1.165) is 0 Å². The highest BCUT2D eigenvalue weighted by atomic mass is 15.0. The summed E-state index contributed by atoms with van der Waals surface area (Å²) in [5.41, 5.74) is 5.10. The molecular formula is C19H17N. The highest BCUT2D eigenvalue weighted by Crippen LogP contribution is 2.41. The highest BCUT2D eigenvalue weighted by molar-refractivity contribution is 5.64. The van der Waals surface area contributed by atoms with Crippen LogP contribution in [-0.4, -0.2) is 5.54 Å². The van der Waals surface area contributed by atoms with E-state index >= 15 is 0 Å². The number of nitrogens with one attached hydrogen (secondary N) is 1. The van der Waals surface area contributed by atoms with E-state index in [4.69, 9.17) is 0 Å². The first-order valence-electron chi connectivity index (χ1n) is 7.10. The van der Waals surface area contributed by atoms with Crippen molar-refractivity contribution in [2.24, 2.45) is 5.92 Å². The van der Waals surface area contributed by atoms with Gasteiger partial charge in [0.2, 0.25) is 0 Å². The van der Waals surface area contributed by atoms with Gasteiger partial charge in [-0.15, -0.1) is 0 Å². The van der Waals surface area contributed by atoms with Gasteiger partial charge < -0.3 is 5.32 Å². The van der Waals surface area contributed by atoms with Crippen LogP contribution in [0, 0.1) is 5.92 Å². The molecule has 0 saturated heterocycles. The molecule has 0 bridgehead atoms. The van der Waals surface area contributed by atoms with E-state index < -0.39 is 0 Å². The maximum absolute atomic E-state index is 3.79. The second-order valence-corrected chi connectivity index (χ2v) is 5.62. The van der Waals surface area contributed by atoms with Crippen molar-refractivity contribution in [1.29, 1.82) is 0 Å². The third kappa shape index (κ3) is 1.50. The summed E-state index contributed by atoms with van der Waals surface area (Å²) in [7, 11) is 0. The average Bonchev–Trinajstić information content (AvgIpc) is 2.99. The molecule has 1 spiro atoms. The van der Waals surface area contributed by atoms with E-state index in [2.05, 4.69) is 85.2 Å². The number of hydrogen-bond donors (Lipinski definition) is 1. The summed E-state index contributed by atoms with van der Waals surface area (Å²) in [6.07, 6.45) is 26.3. The summed E-state index contributed by atoms with van der Waals surface area (Å²) in [5.74, 6) is 0.368. The lowest BCUT2D eigenvalue weighted by atomic mass is 9.72. The minimum absolute atomic E-state index is 0.179. The van der Waals surface area contributed by atoms with Crippen molar-refractivity contribution in [2.75, 3.05) is 0 Å². The molecular weight excluding hydrogens is 242 g/mol. The van der Waals surface area contributed by atoms with Gasteiger partial charge in [-0.1, -0.05) is 66.8 Å². The molecule has 1 nitrogen and oxygen atoms in total. The zero-order chi connectivity index (χ0) is 13.6. The summed E-state index contributed by atoms with van der Waals surface area (Å²) < 4.78 is 0. The van der Waals surface area contributed by atoms with Crippen LogP contribution in [-0.2, 0) is 0 Å². The first kappa shape index (κ1) is 11.5. The van der Waals surface area contributed by atoms with Crippen molar-refractivity contribution in [3.05, 3.63) is 95.3 Å². The Morgan fingerprint density at radius 2 is 1.85 bits per heavy atom. The van der Waals surface area contributed by atoms with E-state index in [1.165, 1.54) is 22.4 Å². The second kappa shape index (κ2) is 4.11. The molecule has 1 heterocycles. The van der Waals surface area contributed by atoms with Crippen LogP contribution in [0.2, 0.25) is 0 Å². The minimum Gasteiger partial charge on any atom is -0.371 e. The van der Waals surface area contributed by atoms with Gasteiger partial charge in [0.05, 0.1) is 0 Å². The number of dihydropyridines is 1. The minimum atomic E-state index is -0.179. The molecule has 20 heavy (non-hydrogen) atoms. The molecule has 1 aliphatic heterocycles. The molecule has 0 amide bonds. The van der Waals surface area contributed by atoms with E-state index in [1.54, 1.807) is 0 Å². The normalized spacial score (nSPS) is 30.1. The van der Waals surface area contributed by atoms with Crippen LogP contribution in [0.1, 0.15) is 6.92 Å². The number of allylic oxidation sites excluding steroid dienone is 9. The molecule has 0 aromatic carbocycles. The third-order valence-electron chi connectivity index (χ3n) is 4.40. The summed E-state index contributed by atoms with van der Waals surface area (Å²) in [5, 5.41) is 3.79. The molecule has 0 saturated carbocycles. The molecule has 1 N–H and O–H groups in total. The second-order valence-electron chi connectivity index (χ2n) is 5.62. The Bertz CT molecular complexity index is 692. The van der Waals surface area contributed by atoms with Crippen LogP contribution in [0.25, 0.3) is 0 Å². The molecule has 98 valence electrons. The zero-order valence-corrected chi connectivity index (χ0v) is 11.5. The maximum Gasteiger partial charge on any atom is 0.107 e. The largest absolute Gasteiger partial charge is 0.371 e. The Morgan fingerprint density at radius 3 is 2.70 bits per heavy atom. The van der Waals surface area contributed by atoms with Crippen molar-refractivity contribution in [3.8, 4) is 0 Å². The molecule has 3 aliphatic carbocycles. The van der Waals surface area contributed by atoms with Gasteiger partial charge in [0.15, 0.2) is 0 Å². The van der Waals surface area contributed by atoms with Crippen LogP contribution in [0.3, 0.4) is 0 Å². The van der Waals surface area contributed by atoms with Gasteiger partial charge in [-0.25, -0.2) is 0 Å². The lowest BCUT2D eigenvalue weighted by molar-refractivity contribution is 0.560. The quantitative estimate of drug-likeness (QED) is 0.753. The fourth-order valence-electron chi connectivity index (χ4n) is 3.42. The fraction of sp³-hybridized carbons (Fsp3) is 0.158. The van der Waals surface area contributed by atoms with Gasteiger partial charge in [0, 0.05) is 11.6 Å². The molecule has 0 aromatic rings. The van der Waals surface area contributed by atoms with Gasteiger partial charge in [-0.05, 0) is 29.7 Å². The molecule has 0 radical (unpaired) electrons. The predicted molar refractivity (Wildman–Crippen MR) is 83.9 cm³/mol. The molecule has 1 heteroatoms. The van der Waals surface area contributed by atoms with Gasteiger partial charge in [-0.3, -0.25) is 0 Å². The Labute approximate surface area is 119 Å². The summed E-state index contributed by atoms with van der Waals surface area (Å²) in [6, 6.07) is 0. The molecule has 1 atom stereocenters. The summed E-state index contributed by atoms with van der Waals surface area (Å²) in [4.78, 5) is 0. The van der Waals surface area contributed by atoms with Crippen molar-refractivity contribution in [2.45, 2.75) is 12.5 Å². The fourth-order valence-corrected chi connectivity index (χ4v) is 3.42. The van der Waals surface area contributed by atoms with E-state index in [1.807, 2.05) is 0 Å². The Balaban J connectivity index is 1.86. The van der Waals surface area contributed by atoms with Crippen molar-refractivity contribution < 1.29 is 0 Å². The first-order valence-corrected chi connectivity index (χ1v) is 7.10. The standard InChI is InChI=1S/C19H17N/c1-14-13-18(15-7-2-3-8-15)20-19-12-5-4-9-16(19)10-6-11-17(14)19/h2-13,15,20H,1H3. The zero-order valence-electron chi connectivity index (χ0n) is 11.5. The van der Waals surface area contributed by atoms with Crippen molar-refractivity contribution in [1.82, 2.24) is 5.32 Å². The van der Waals surface area contributed by atoms with Crippen LogP contribution in [0.4, 0.5) is 0 Å². The van der Waals surface area contributed by atoms with Crippen LogP contribution in [0.5, 0.6) is 0 Å². The van der Waals surface area contributed by atoms with Gasteiger partial charge in [0.25, 0.3) is 0 Å². The van der Waals surface area contributed by atoms with Gasteiger partial charge in [-0.2, -0.15) is 0 Å². The van der Waals surface area contributed by atoms with Crippen molar-refractivity contribution in [3.63, 3.8) is 0 Å². The molecule has 0 aromatic heterocycles. The van der Waals surface area contributed by atoms with Crippen LogP contribution < -0.4 is 5.32 Å². The monoisotopic (exact) mass is 259 g/mol. The summed E-state index contributed by atoms with van der Waals surface area (Å²) >= 11 is 0. The molecule has 1 unspecified atom stereocenters. The van der Waals surface area contributed by atoms with E-state index in [-0.39, 0.29) is 5.54 Å². The van der Waals surface area contributed by atoms with Crippen LogP contribution >= 0.6 is 0 Å². The maximum atomic E-state index is 3.79. The molecule has 4 rings (SSSR count). The molecule has 0 fully saturated rings. The topological polar surface area (TPSA) is 12.0 Å². The molecule has 4 aliphatic rings. The number of hydrogen-bond acceptors (Lipinski definition) is 1. The van der Waals surface area contributed by atoms with E-state index in [0.29, 0.717) is 5.92 Å². The lowest BCUT2D eigenvalue weighted by Gasteiger charge is -2.43. The van der Waals surface area contributed by atoms with Crippen LogP contribution in [0.15, 0.2) is 95.3 Å². The average molecular weight is 259 g/mol. The Kier molecular flexibility index (Phi) is 2.37. The predicted octanol–water partition coefficient (Wildman–Crippen LogP) is 3.89. The number of rotatable bonds is 1.